The molecule has 1 aromatic rings. The van der Waals surface area contributed by atoms with Crippen LogP contribution in [-0.2, 0) is 0 Å². The molecule has 18 heavy (non-hydrogen) atoms. The number of nitrogens with one attached hydrogen (secondary N) is 1. The van der Waals surface area contributed by atoms with Crippen LogP contribution in [0, 0.1) is 11.3 Å². The predicted octanol–water partition coefficient (Wildman–Crippen LogP) is 3.50. The van der Waals surface area contributed by atoms with Gasteiger partial charge in [0.1, 0.15) is 4.99 Å². The Morgan fingerprint density at radius 1 is 1.56 bits per heavy atom. The lowest BCUT2D eigenvalue weighted by atomic mass is 10.1. The Bertz CT molecular complexity index is 469. The van der Waals surface area contributed by atoms with E-state index in [1.54, 1.807) is 11.8 Å². The van der Waals surface area contributed by atoms with E-state index < -0.39 is 0 Å². The summed E-state index contributed by atoms with van der Waals surface area (Å²) in [6.07, 6.45) is 3.34. The van der Waals surface area contributed by atoms with Crippen molar-refractivity contribution < 1.29 is 0 Å². The molecule has 1 atom stereocenters. The summed E-state index contributed by atoms with van der Waals surface area (Å²) in [5.41, 5.74) is 8.39. The molecule has 4 heteroatoms. The molecule has 0 saturated heterocycles. The van der Waals surface area contributed by atoms with Crippen LogP contribution in [0.15, 0.2) is 23.1 Å². The first-order chi connectivity index (χ1) is 8.45. The van der Waals surface area contributed by atoms with Crippen LogP contribution in [0.4, 0.5) is 5.69 Å². The SMILES string of the molecule is CSc1cccc(NCC2CC2(C)C)c1C(N)=S. The minimum Gasteiger partial charge on any atom is -0.389 e. The molecule has 0 radical (unpaired) electrons. The minimum absolute atomic E-state index is 0.470. The van der Waals surface area contributed by atoms with Crippen LogP contribution in [0.3, 0.4) is 0 Å². The van der Waals surface area contributed by atoms with Gasteiger partial charge in [-0.15, -0.1) is 11.8 Å². The zero-order chi connectivity index (χ0) is 13.3. The second kappa shape index (κ2) is 5.10. The van der Waals surface area contributed by atoms with Gasteiger partial charge in [0.15, 0.2) is 0 Å². The van der Waals surface area contributed by atoms with E-state index in [2.05, 4.69) is 31.3 Å². The van der Waals surface area contributed by atoms with Crippen LogP contribution < -0.4 is 11.1 Å². The fourth-order valence-corrected chi connectivity index (χ4v) is 3.18. The van der Waals surface area contributed by atoms with Crippen LogP contribution in [0.25, 0.3) is 0 Å². The molecule has 2 rings (SSSR count). The Morgan fingerprint density at radius 2 is 2.22 bits per heavy atom. The Balaban J connectivity index is 2.14. The number of hydrogen-bond donors (Lipinski definition) is 2. The average molecular weight is 280 g/mol. The van der Waals surface area contributed by atoms with E-state index in [0.29, 0.717) is 10.4 Å². The maximum absolute atomic E-state index is 5.84. The number of nitrogens with two attached hydrogens (primary N) is 1. The molecule has 3 N–H and O–H groups in total. The number of benzene rings is 1. The van der Waals surface area contributed by atoms with Crippen molar-refractivity contribution in [2.75, 3.05) is 18.1 Å². The second-order valence-electron chi connectivity index (χ2n) is 5.52. The van der Waals surface area contributed by atoms with Crippen molar-refractivity contribution in [2.24, 2.45) is 17.1 Å². The van der Waals surface area contributed by atoms with Gasteiger partial charge in [-0.1, -0.05) is 32.1 Å². The van der Waals surface area contributed by atoms with Gasteiger partial charge in [0.2, 0.25) is 0 Å². The van der Waals surface area contributed by atoms with Gasteiger partial charge in [-0.05, 0) is 36.1 Å². The summed E-state index contributed by atoms with van der Waals surface area (Å²) in [5, 5.41) is 3.51. The second-order valence-corrected chi connectivity index (χ2v) is 6.81. The third kappa shape index (κ3) is 2.81. The molecule has 1 saturated carbocycles. The van der Waals surface area contributed by atoms with Crippen molar-refractivity contribution in [3.63, 3.8) is 0 Å². The summed E-state index contributed by atoms with van der Waals surface area (Å²) < 4.78 is 0. The van der Waals surface area contributed by atoms with E-state index in [4.69, 9.17) is 18.0 Å². The number of hydrogen-bond acceptors (Lipinski definition) is 3. The number of anilines is 1. The quantitative estimate of drug-likeness (QED) is 0.639. The lowest BCUT2D eigenvalue weighted by Crippen LogP contribution is -2.16. The first-order valence-corrected chi connectivity index (χ1v) is 7.79. The molecule has 2 nitrogen and oxygen atoms in total. The lowest BCUT2D eigenvalue weighted by Gasteiger charge is -2.14. The van der Waals surface area contributed by atoms with E-state index in [1.165, 1.54) is 6.42 Å². The summed E-state index contributed by atoms with van der Waals surface area (Å²) in [5.74, 6) is 0.759. The molecule has 1 aliphatic carbocycles. The summed E-state index contributed by atoms with van der Waals surface area (Å²) in [4.78, 5) is 1.61. The minimum atomic E-state index is 0.470. The highest BCUT2D eigenvalue weighted by Gasteiger charge is 2.45. The maximum Gasteiger partial charge on any atom is 0.107 e. The zero-order valence-corrected chi connectivity index (χ0v) is 12.8. The first kappa shape index (κ1) is 13.7. The molecule has 1 aliphatic rings. The molecule has 0 amide bonds. The molecular formula is C14H20N2S2. The molecule has 1 fully saturated rings. The molecular weight excluding hydrogens is 260 g/mol. The summed E-state index contributed by atoms with van der Waals surface area (Å²) in [7, 11) is 0. The predicted molar refractivity (Wildman–Crippen MR) is 84.5 cm³/mol. The third-order valence-electron chi connectivity index (χ3n) is 3.75. The third-order valence-corrected chi connectivity index (χ3v) is 4.73. The number of rotatable bonds is 5. The van der Waals surface area contributed by atoms with Gasteiger partial charge >= 0.3 is 0 Å². The Morgan fingerprint density at radius 3 is 2.72 bits per heavy atom. The van der Waals surface area contributed by atoms with Gasteiger partial charge < -0.3 is 11.1 Å². The van der Waals surface area contributed by atoms with E-state index >= 15 is 0 Å². The fraction of sp³-hybridized carbons (Fsp3) is 0.500. The molecule has 0 aliphatic heterocycles. The van der Waals surface area contributed by atoms with Crippen LogP contribution in [0.2, 0.25) is 0 Å². The molecule has 1 unspecified atom stereocenters. The van der Waals surface area contributed by atoms with E-state index in [0.717, 1.165) is 28.6 Å². The molecule has 0 bridgehead atoms. The average Bonchev–Trinajstić information content (AvgIpc) is 2.93. The Labute approximate surface area is 119 Å². The monoisotopic (exact) mass is 280 g/mol. The first-order valence-electron chi connectivity index (χ1n) is 6.16. The number of thioether (sulfide) groups is 1. The maximum atomic E-state index is 5.84. The topological polar surface area (TPSA) is 38.0 Å². The van der Waals surface area contributed by atoms with Crippen molar-refractivity contribution in [3.8, 4) is 0 Å². The summed E-state index contributed by atoms with van der Waals surface area (Å²) >= 11 is 6.85. The van der Waals surface area contributed by atoms with Crippen LogP contribution >= 0.6 is 24.0 Å². The molecule has 0 aromatic heterocycles. The summed E-state index contributed by atoms with van der Waals surface area (Å²) in [6.45, 7) is 5.62. The van der Waals surface area contributed by atoms with E-state index in [-0.39, 0.29) is 0 Å². The highest BCUT2D eigenvalue weighted by atomic mass is 32.2. The Hall–Kier alpha value is -0.740. The van der Waals surface area contributed by atoms with Gasteiger partial charge in [-0.3, -0.25) is 0 Å². The van der Waals surface area contributed by atoms with E-state index in [9.17, 15) is 0 Å². The Kier molecular flexibility index (Phi) is 3.87. The molecule has 0 spiro atoms. The largest absolute Gasteiger partial charge is 0.389 e. The van der Waals surface area contributed by atoms with Gasteiger partial charge in [0, 0.05) is 22.7 Å². The lowest BCUT2D eigenvalue weighted by molar-refractivity contribution is 0.573. The van der Waals surface area contributed by atoms with Gasteiger partial charge in [-0.25, -0.2) is 0 Å². The van der Waals surface area contributed by atoms with Gasteiger partial charge in [-0.2, -0.15) is 0 Å². The molecule has 98 valence electrons. The molecule has 0 heterocycles. The van der Waals surface area contributed by atoms with Crippen LogP contribution in [-0.4, -0.2) is 17.8 Å². The van der Waals surface area contributed by atoms with Crippen molar-refractivity contribution in [3.05, 3.63) is 23.8 Å². The summed E-state index contributed by atoms with van der Waals surface area (Å²) in [6, 6.07) is 6.17. The van der Waals surface area contributed by atoms with Gasteiger partial charge in [0.25, 0.3) is 0 Å². The van der Waals surface area contributed by atoms with Crippen molar-refractivity contribution >= 4 is 34.7 Å². The highest BCUT2D eigenvalue weighted by molar-refractivity contribution is 7.98. The molecule has 1 aromatic carbocycles. The van der Waals surface area contributed by atoms with Crippen molar-refractivity contribution in [1.29, 1.82) is 0 Å². The smallest absolute Gasteiger partial charge is 0.107 e. The van der Waals surface area contributed by atoms with Crippen LogP contribution in [0.1, 0.15) is 25.8 Å². The normalized spacial score (nSPS) is 20.5. The van der Waals surface area contributed by atoms with E-state index in [1.807, 2.05) is 12.3 Å². The van der Waals surface area contributed by atoms with Crippen molar-refractivity contribution in [1.82, 2.24) is 0 Å². The number of thiocarbonyl (C=S) groups is 1. The van der Waals surface area contributed by atoms with Crippen LogP contribution in [0.5, 0.6) is 0 Å². The van der Waals surface area contributed by atoms with Crippen molar-refractivity contribution in [2.45, 2.75) is 25.2 Å². The fourth-order valence-electron chi connectivity index (χ4n) is 2.26. The van der Waals surface area contributed by atoms with Gasteiger partial charge in [0.05, 0.1) is 0 Å². The standard InChI is InChI=1S/C14H20N2S2/c1-14(2)7-9(14)8-16-10-5-4-6-11(18-3)12(10)13(15)17/h4-6,9,16H,7-8H2,1-3H3,(H2,15,17). The zero-order valence-electron chi connectivity index (χ0n) is 11.1. The highest BCUT2D eigenvalue weighted by Crippen LogP contribution is 2.51.